The minimum Gasteiger partial charge on any atom is -0.381 e. The Labute approximate surface area is 106 Å². The molecule has 1 saturated heterocycles. The number of halogens is 1. The lowest BCUT2D eigenvalue weighted by Crippen LogP contribution is -2.37. The Hall–Kier alpha value is -0.540. The van der Waals surface area contributed by atoms with Gasteiger partial charge in [0.1, 0.15) is 0 Å². The lowest BCUT2D eigenvalue weighted by atomic mass is 10.1. The number of ether oxygens (including phenoxy) is 1. The first-order valence-corrected chi connectivity index (χ1v) is 6.89. The molecule has 0 aliphatic carbocycles. The average Bonchev–Trinajstić information content (AvgIpc) is 2.39. The fourth-order valence-corrected chi connectivity index (χ4v) is 2.71. The highest BCUT2D eigenvalue weighted by Gasteiger charge is 2.19. The second-order valence-electron chi connectivity index (χ2n) is 4.22. The van der Waals surface area contributed by atoms with Crippen LogP contribution in [0.5, 0.6) is 0 Å². The summed E-state index contributed by atoms with van der Waals surface area (Å²) < 4.78 is 5.41. The predicted octanol–water partition coefficient (Wildman–Crippen LogP) is 3.20. The second-order valence-corrected chi connectivity index (χ2v) is 4.78. The van der Waals surface area contributed by atoms with E-state index in [0.717, 1.165) is 31.4 Å². The number of rotatable bonds is 3. The molecule has 3 heteroatoms. The molecule has 0 unspecified atom stereocenters. The third-order valence-electron chi connectivity index (χ3n) is 3.25. The van der Waals surface area contributed by atoms with Crippen molar-refractivity contribution in [2.75, 3.05) is 25.2 Å². The Bertz CT molecular complexity index is 336. The molecule has 1 fully saturated rings. The molecule has 1 aromatic carbocycles. The monoisotopic (exact) mass is 283 g/mol. The SMILES string of the molecule is CN(c1ccccc1CBr)C1CCOCC1. The van der Waals surface area contributed by atoms with Crippen molar-refractivity contribution >= 4 is 21.6 Å². The van der Waals surface area contributed by atoms with E-state index in [0.29, 0.717) is 6.04 Å². The van der Waals surface area contributed by atoms with Crippen molar-refractivity contribution in [3.8, 4) is 0 Å². The highest BCUT2D eigenvalue weighted by atomic mass is 79.9. The summed E-state index contributed by atoms with van der Waals surface area (Å²) in [5.74, 6) is 0. The molecule has 0 bridgehead atoms. The summed E-state index contributed by atoms with van der Waals surface area (Å²) in [5.41, 5.74) is 2.70. The van der Waals surface area contributed by atoms with Crippen LogP contribution in [0.4, 0.5) is 5.69 Å². The quantitative estimate of drug-likeness (QED) is 0.790. The first-order valence-electron chi connectivity index (χ1n) is 5.77. The van der Waals surface area contributed by atoms with Crippen molar-refractivity contribution in [2.24, 2.45) is 0 Å². The molecule has 0 N–H and O–H groups in total. The summed E-state index contributed by atoms with van der Waals surface area (Å²) in [6, 6.07) is 9.20. The van der Waals surface area contributed by atoms with Gasteiger partial charge in [0.05, 0.1) is 0 Å². The van der Waals surface area contributed by atoms with Crippen molar-refractivity contribution in [1.82, 2.24) is 0 Å². The molecule has 16 heavy (non-hydrogen) atoms. The standard InChI is InChI=1S/C13H18BrNO/c1-15(12-6-8-16-9-7-12)13-5-3-2-4-11(13)10-14/h2-5,12H,6-10H2,1H3. The van der Waals surface area contributed by atoms with Crippen LogP contribution in [0.1, 0.15) is 18.4 Å². The first-order chi connectivity index (χ1) is 7.83. The molecular formula is C13H18BrNO. The topological polar surface area (TPSA) is 12.5 Å². The highest BCUT2D eigenvalue weighted by Crippen LogP contribution is 2.26. The number of anilines is 1. The normalized spacial score (nSPS) is 17.4. The van der Waals surface area contributed by atoms with E-state index in [-0.39, 0.29) is 0 Å². The van der Waals surface area contributed by atoms with Gasteiger partial charge in [-0.25, -0.2) is 0 Å². The number of hydrogen-bond donors (Lipinski definition) is 0. The van der Waals surface area contributed by atoms with Crippen LogP contribution in [-0.4, -0.2) is 26.3 Å². The molecule has 0 aromatic heterocycles. The van der Waals surface area contributed by atoms with Crippen molar-refractivity contribution in [2.45, 2.75) is 24.2 Å². The minimum atomic E-state index is 0.619. The fourth-order valence-electron chi connectivity index (χ4n) is 2.24. The molecule has 0 amide bonds. The van der Waals surface area contributed by atoms with Crippen LogP contribution in [0.15, 0.2) is 24.3 Å². The average molecular weight is 284 g/mol. The Morgan fingerprint density at radius 3 is 2.69 bits per heavy atom. The van der Waals surface area contributed by atoms with Crippen molar-refractivity contribution in [3.63, 3.8) is 0 Å². The van der Waals surface area contributed by atoms with Crippen LogP contribution < -0.4 is 4.90 Å². The summed E-state index contributed by atoms with van der Waals surface area (Å²) in [6.45, 7) is 1.79. The van der Waals surface area contributed by atoms with E-state index in [1.54, 1.807) is 0 Å². The van der Waals surface area contributed by atoms with E-state index in [4.69, 9.17) is 4.74 Å². The maximum atomic E-state index is 5.41. The van der Waals surface area contributed by atoms with E-state index in [1.807, 2.05) is 0 Å². The van der Waals surface area contributed by atoms with Gasteiger partial charge in [-0.3, -0.25) is 0 Å². The summed E-state index contributed by atoms with van der Waals surface area (Å²) >= 11 is 3.55. The van der Waals surface area contributed by atoms with Crippen LogP contribution in [0.2, 0.25) is 0 Å². The van der Waals surface area contributed by atoms with E-state index in [1.165, 1.54) is 11.3 Å². The smallest absolute Gasteiger partial charge is 0.0485 e. The zero-order chi connectivity index (χ0) is 11.4. The zero-order valence-corrected chi connectivity index (χ0v) is 11.2. The molecule has 1 aliphatic rings. The summed E-state index contributed by atoms with van der Waals surface area (Å²) in [4.78, 5) is 2.40. The van der Waals surface area contributed by atoms with Gasteiger partial charge >= 0.3 is 0 Å². The lowest BCUT2D eigenvalue weighted by molar-refractivity contribution is 0.0854. The molecular weight excluding hydrogens is 266 g/mol. The molecule has 0 atom stereocenters. The third-order valence-corrected chi connectivity index (χ3v) is 3.86. The van der Waals surface area contributed by atoms with Crippen LogP contribution in [-0.2, 0) is 10.1 Å². The van der Waals surface area contributed by atoms with Gasteiger partial charge in [0.15, 0.2) is 0 Å². The van der Waals surface area contributed by atoms with Gasteiger partial charge in [-0.05, 0) is 24.5 Å². The van der Waals surface area contributed by atoms with Crippen molar-refractivity contribution < 1.29 is 4.74 Å². The van der Waals surface area contributed by atoms with Crippen LogP contribution in [0, 0.1) is 0 Å². The van der Waals surface area contributed by atoms with Gasteiger partial charge in [-0.1, -0.05) is 34.1 Å². The molecule has 2 nitrogen and oxygen atoms in total. The number of para-hydroxylation sites is 1. The van der Waals surface area contributed by atoms with Gasteiger partial charge in [0, 0.05) is 37.3 Å². The lowest BCUT2D eigenvalue weighted by Gasteiger charge is -2.34. The number of benzene rings is 1. The van der Waals surface area contributed by atoms with Gasteiger partial charge in [-0.15, -0.1) is 0 Å². The fraction of sp³-hybridized carbons (Fsp3) is 0.538. The molecule has 0 saturated carbocycles. The Kier molecular flexibility index (Phi) is 4.24. The van der Waals surface area contributed by atoms with E-state index < -0.39 is 0 Å². The Balaban J connectivity index is 2.15. The van der Waals surface area contributed by atoms with E-state index in [9.17, 15) is 0 Å². The van der Waals surface area contributed by atoms with Gasteiger partial charge in [-0.2, -0.15) is 0 Å². The molecule has 1 heterocycles. The molecule has 0 spiro atoms. The maximum absolute atomic E-state index is 5.41. The Morgan fingerprint density at radius 2 is 2.00 bits per heavy atom. The summed E-state index contributed by atoms with van der Waals surface area (Å²) in [7, 11) is 2.19. The molecule has 1 aliphatic heterocycles. The van der Waals surface area contributed by atoms with Gasteiger partial charge < -0.3 is 9.64 Å². The number of nitrogens with zero attached hydrogens (tertiary/aromatic N) is 1. The van der Waals surface area contributed by atoms with Gasteiger partial charge in [0.2, 0.25) is 0 Å². The van der Waals surface area contributed by atoms with E-state index in [2.05, 4.69) is 52.1 Å². The molecule has 0 radical (unpaired) electrons. The second kappa shape index (κ2) is 5.69. The third kappa shape index (κ3) is 2.58. The summed E-state index contributed by atoms with van der Waals surface area (Å²) in [5, 5.41) is 0.913. The number of hydrogen-bond acceptors (Lipinski definition) is 2. The Morgan fingerprint density at radius 1 is 1.31 bits per heavy atom. The first kappa shape index (κ1) is 11.9. The van der Waals surface area contributed by atoms with Crippen LogP contribution >= 0.6 is 15.9 Å². The minimum absolute atomic E-state index is 0.619. The van der Waals surface area contributed by atoms with Crippen molar-refractivity contribution in [3.05, 3.63) is 29.8 Å². The van der Waals surface area contributed by atoms with E-state index >= 15 is 0 Å². The van der Waals surface area contributed by atoms with Crippen molar-refractivity contribution in [1.29, 1.82) is 0 Å². The molecule has 2 rings (SSSR count). The van der Waals surface area contributed by atoms with Gasteiger partial charge in [0.25, 0.3) is 0 Å². The highest BCUT2D eigenvalue weighted by molar-refractivity contribution is 9.08. The number of alkyl halides is 1. The molecule has 88 valence electrons. The maximum Gasteiger partial charge on any atom is 0.0485 e. The molecule has 1 aromatic rings. The largest absolute Gasteiger partial charge is 0.381 e. The van der Waals surface area contributed by atoms with Crippen LogP contribution in [0.3, 0.4) is 0 Å². The summed E-state index contributed by atoms with van der Waals surface area (Å²) in [6.07, 6.45) is 2.26. The predicted molar refractivity (Wildman–Crippen MR) is 71.3 cm³/mol. The van der Waals surface area contributed by atoms with Crippen LogP contribution in [0.25, 0.3) is 0 Å². The zero-order valence-electron chi connectivity index (χ0n) is 9.66.